The zero-order valence-electron chi connectivity index (χ0n) is 15.4. The minimum atomic E-state index is -0.0610. The first kappa shape index (κ1) is 18.8. The number of carbonyl (C=O) groups excluding carboxylic acids is 2. The lowest BCUT2D eigenvalue weighted by molar-refractivity contribution is -0.117. The number of ether oxygens (including phenoxy) is 1. The summed E-state index contributed by atoms with van der Waals surface area (Å²) in [6.07, 6.45) is 4.09. The van der Waals surface area contributed by atoms with Gasteiger partial charge in [0.05, 0.1) is 13.7 Å². The van der Waals surface area contributed by atoms with Gasteiger partial charge in [0.15, 0.2) is 0 Å². The number of benzene rings is 1. The molecular weight excluding hydrogens is 344 g/mol. The molecule has 1 aromatic heterocycles. The monoisotopic (exact) mass is 368 g/mol. The van der Waals surface area contributed by atoms with Gasteiger partial charge < -0.3 is 15.0 Å². The number of pyridine rings is 1. The van der Waals surface area contributed by atoms with Crippen molar-refractivity contribution in [2.45, 2.75) is 6.42 Å². The molecule has 2 aromatic rings. The molecule has 0 aliphatic carbocycles. The molecule has 1 fully saturated rings. The number of nitrogens with one attached hydrogen (secondary N) is 1. The van der Waals surface area contributed by atoms with Crippen molar-refractivity contribution in [3.8, 4) is 5.75 Å². The Hall–Kier alpha value is -2.93. The summed E-state index contributed by atoms with van der Waals surface area (Å²) in [7, 11) is 1.61. The number of methoxy groups -OCH3 is 1. The second kappa shape index (κ2) is 9.14. The molecule has 3 rings (SSSR count). The summed E-state index contributed by atoms with van der Waals surface area (Å²) in [6, 6.07) is 10.7. The molecule has 27 heavy (non-hydrogen) atoms. The SMILES string of the molecule is COc1ccc(NC(=O)CN2CCCN(C(=O)c3ccncc3)CC2)cc1. The summed E-state index contributed by atoms with van der Waals surface area (Å²) in [5, 5.41) is 2.90. The van der Waals surface area contributed by atoms with Crippen LogP contribution in [0.5, 0.6) is 5.75 Å². The molecule has 1 aliphatic heterocycles. The second-order valence-electron chi connectivity index (χ2n) is 6.43. The van der Waals surface area contributed by atoms with E-state index in [2.05, 4.69) is 15.2 Å². The number of amides is 2. The van der Waals surface area contributed by atoms with E-state index in [1.54, 1.807) is 31.6 Å². The fourth-order valence-electron chi connectivity index (χ4n) is 3.09. The maximum absolute atomic E-state index is 12.6. The standard InChI is InChI=1S/C20H24N4O3/c1-27-18-5-3-17(4-6-18)22-19(25)15-23-11-2-12-24(14-13-23)20(26)16-7-9-21-10-8-16/h3-10H,2,11-15H2,1H3,(H,22,25). The fourth-order valence-corrected chi connectivity index (χ4v) is 3.09. The van der Waals surface area contributed by atoms with Gasteiger partial charge in [0.25, 0.3) is 5.91 Å². The van der Waals surface area contributed by atoms with Gasteiger partial charge in [-0.2, -0.15) is 0 Å². The third-order valence-corrected chi connectivity index (χ3v) is 4.54. The van der Waals surface area contributed by atoms with Crippen LogP contribution in [0.3, 0.4) is 0 Å². The molecule has 7 nitrogen and oxygen atoms in total. The molecule has 2 heterocycles. The van der Waals surface area contributed by atoms with Crippen LogP contribution in [-0.4, -0.2) is 66.4 Å². The molecule has 2 amide bonds. The minimum Gasteiger partial charge on any atom is -0.497 e. The van der Waals surface area contributed by atoms with Crippen molar-refractivity contribution in [3.63, 3.8) is 0 Å². The van der Waals surface area contributed by atoms with Crippen molar-refractivity contribution in [2.75, 3.05) is 45.2 Å². The Morgan fingerprint density at radius 1 is 1.04 bits per heavy atom. The number of hydrogen-bond acceptors (Lipinski definition) is 5. The van der Waals surface area contributed by atoms with Crippen LogP contribution >= 0.6 is 0 Å². The molecule has 0 unspecified atom stereocenters. The molecule has 142 valence electrons. The summed E-state index contributed by atoms with van der Waals surface area (Å²) in [6.45, 7) is 3.07. The van der Waals surface area contributed by atoms with Gasteiger partial charge in [-0.3, -0.25) is 19.5 Å². The van der Waals surface area contributed by atoms with Crippen LogP contribution in [0, 0.1) is 0 Å². The minimum absolute atomic E-state index is 0.0157. The van der Waals surface area contributed by atoms with Crippen LogP contribution in [0.25, 0.3) is 0 Å². The van der Waals surface area contributed by atoms with E-state index in [0.717, 1.165) is 24.4 Å². The number of rotatable bonds is 5. The average molecular weight is 368 g/mol. The molecule has 0 radical (unpaired) electrons. The van der Waals surface area contributed by atoms with E-state index in [1.807, 2.05) is 29.2 Å². The summed E-state index contributed by atoms with van der Waals surface area (Å²) in [4.78, 5) is 32.8. The average Bonchev–Trinajstić information content (AvgIpc) is 2.94. The van der Waals surface area contributed by atoms with E-state index in [9.17, 15) is 9.59 Å². The Balaban J connectivity index is 1.50. The topological polar surface area (TPSA) is 74.8 Å². The molecule has 0 spiro atoms. The first-order valence-electron chi connectivity index (χ1n) is 9.01. The Labute approximate surface area is 158 Å². The molecule has 1 aliphatic rings. The molecule has 0 bridgehead atoms. The molecular formula is C20H24N4O3. The number of hydrogen-bond donors (Lipinski definition) is 1. The molecule has 7 heteroatoms. The van der Waals surface area contributed by atoms with Gasteiger partial charge in [-0.05, 0) is 42.8 Å². The first-order valence-corrected chi connectivity index (χ1v) is 9.01. The highest BCUT2D eigenvalue weighted by atomic mass is 16.5. The van der Waals surface area contributed by atoms with Crippen LogP contribution in [0.15, 0.2) is 48.8 Å². The Morgan fingerprint density at radius 3 is 2.48 bits per heavy atom. The lowest BCUT2D eigenvalue weighted by Crippen LogP contribution is -2.38. The van der Waals surface area contributed by atoms with Gasteiger partial charge in [-0.15, -0.1) is 0 Å². The van der Waals surface area contributed by atoms with Crippen molar-refractivity contribution in [2.24, 2.45) is 0 Å². The van der Waals surface area contributed by atoms with Crippen LogP contribution in [0.2, 0.25) is 0 Å². The molecule has 0 atom stereocenters. The Bertz CT molecular complexity index is 765. The lowest BCUT2D eigenvalue weighted by atomic mass is 10.2. The molecule has 1 N–H and O–H groups in total. The lowest BCUT2D eigenvalue weighted by Gasteiger charge is -2.21. The predicted molar refractivity (Wildman–Crippen MR) is 103 cm³/mol. The van der Waals surface area contributed by atoms with Crippen LogP contribution in [0.1, 0.15) is 16.8 Å². The molecule has 0 saturated carbocycles. The van der Waals surface area contributed by atoms with Gasteiger partial charge in [0.1, 0.15) is 5.75 Å². The third-order valence-electron chi connectivity index (χ3n) is 4.54. The summed E-state index contributed by atoms with van der Waals surface area (Å²) in [5.74, 6) is 0.704. The van der Waals surface area contributed by atoms with Crippen molar-refractivity contribution in [3.05, 3.63) is 54.4 Å². The number of carbonyl (C=O) groups is 2. The normalized spacial score (nSPS) is 15.1. The Morgan fingerprint density at radius 2 is 1.78 bits per heavy atom. The zero-order valence-corrected chi connectivity index (χ0v) is 15.4. The molecule has 1 aromatic carbocycles. The number of anilines is 1. The van der Waals surface area contributed by atoms with Crippen molar-refractivity contribution >= 4 is 17.5 Å². The number of aromatic nitrogens is 1. The predicted octanol–water partition coefficient (Wildman–Crippen LogP) is 1.88. The van der Waals surface area contributed by atoms with Gasteiger partial charge in [0.2, 0.25) is 5.91 Å². The van der Waals surface area contributed by atoms with E-state index in [1.165, 1.54) is 0 Å². The summed E-state index contributed by atoms with van der Waals surface area (Å²) >= 11 is 0. The third kappa shape index (κ3) is 5.27. The van der Waals surface area contributed by atoms with Gasteiger partial charge in [-0.25, -0.2) is 0 Å². The van der Waals surface area contributed by atoms with Crippen LogP contribution in [0.4, 0.5) is 5.69 Å². The highest BCUT2D eigenvalue weighted by molar-refractivity contribution is 5.94. The van der Waals surface area contributed by atoms with E-state index in [-0.39, 0.29) is 11.8 Å². The summed E-state index contributed by atoms with van der Waals surface area (Å²) in [5.41, 5.74) is 1.39. The van der Waals surface area contributed by atoms with Crippen molar-refractivity contribution in [1.82, 2.24) is 14.8 Å². The van der Waals surface area contributed by atoms with Crippen LogP contribution in [-0.2, 0) is 4.79 Å². The molecule has 1 saturated heterocycles. The highest BCUT2D eigenvalue weighted by Gasteiger charge is 2.21. The van der Waals surface area contributed by atoms with Crippen molar-refractivity contribution in [1.29, 1.82) is 0 Å². The number of nitrogens with zero attached hydrogens (tertiary/aromatic N) is 3. The quantitative estimate of drug-likeness (QED) is 0.872. The van der Waals surface area contributed by atoms with E-state index in [0.29, 0.717) is 31.7 Å². The largest absolute Gasteiger partial charge is 0.497 e. The van der Waals surface area contributed by atoms with E-state index < -0.39 is 0 Å². The Kier molecular flexibility index (Phi) is 6.38. The second-order valence-corrected chi connectivity index (χ2v) is 6.43. The highest BCUT2D eigenvalue weighted by Crippen LogP contribution is 2.15. The maximum Gasteiger partial charge on any atom is 0.254 e. The summed E-state index contributed by atoms with van der Waals surface area (Å²) < 4.78 is 5.11. The van der Waals surface area contributed by atoms with Gasteiger partial charge in [0, 0.05) is 49.8 Å². The van der Waals surface area contributed by atoms with E-state index >= 15 is 0 Å². The van der Waals surface area contributed by atoms with Crippen LogP contribution < -0.4 is 10.1 Å². The first-order chi connectivity index (χ1) is 13.2. The van der Waals surface area contributed by atoms with E-state index in [4.69, 9.17) is 4.74 Å². The maximum atomic E-state index is 12.6. The fraction of sp³-hybridized carbons (Fsp3) is 0.350. The van der Waals surface area contributed by atoms with Crippen molar-refractivity contribution < 1.29 is 14.3 Å². The smallest absolute Gasteiger partial charge is 0.254 e. The van der Waals surface area contributed by atoms with Gasteiger partial charge in [-0.1, -0.05) is 0 Å². The zero-order chi connectivity index (χ0) is 19.1. The van der Waals surface area contributed by atoms with Gasteiger partial charge >= 0.3 is 0 Å².